The first-order valence-electron chi connectivity index (χ1n) is 5.92. The van der Waals surface area contributed by atoms with Crippen LogP contribution in [0.3, 0.4) is 0 Å². The van der Waals surface area contributed by atoms with E-state index in [1.54, 1.807) is 23.5 Å². The summed E-state index contributed by atoms with van der Waals surface area (Å²) in [5.74, 6) is -0.193. The van der Waals surface area contributed by atoms with Gasteiger partial charge in [-0.1, -0.05) is 13.0 Å². The Labute approximate surface area is 115 Å². The van der Waals surface area contributed by atoms with Crippen LogP contribution in [0.2, 0.25) is 0 Å². The molecule has 0 aliphatic heterocycles. The summed E-state index contributed by atoms with van der Waals surface area (Å²) >= 11 is 1.64. The average Bonchev–Trinajstić information content (AvgIpc) is 2.83. The third-order valence-corrected chi connectivity index (χ3v) is 3.81. The molecule has 0 saturated carbocycles. The fourth-order valence-electron chi connectivity index (χ4n) is 1.60. The van der Waals surface area contributed by atoms with E-state index in [0.29, 0.717) is 12.4 Å². The van der Waals surface area contributed by atoms with Gasteiger partial charge in [-0.05, 0) is 19.1 Å². The number of anilines is 1. The van der Waals surface area contributed by atoms with E-state index in [4.69, 9.17) is 5.11 Å². The van der Waals surface area contributed by atoms with E-state index < -0.39 is 5.97 Å². The van der Waals surface area contributed by atoms with Gasteiger partial charge in [0.15, 0.2) is 5.69 Å². The Kier molecular flexibility index (Phi) is 4.11. The van der Waals surface area contributed by atoms with Crippen LogP contribution in [0.1, 0.15) is 34.0 Å². The van der Waals surface area contributed by atoms with Crippen LogP contribution in [0, 0.1) is 6.92 Å². The normalized spacial score (nSPS) is 12.1. The number of aromatic nitrogens is 2. The predicted octanol–water partition coefficient (Wildman–Crippen LogP) is 2.76. The summed E-state index contributed by atoms with van der Waals surface area (Å²) in [4.78, 5) is 19.3. The van der Waals surface area contributed by atoms with Crippen LogP contribution >= 0.6 is 11.3 Å². The number of nitrogens with zero attached hydrogens (tertiary/aromatic N) is 2. The summed E-state index contributed by atoms with van der Waals surface area (Å²) in [6, 6.07) is 4.91. The van der Waals surface area contributed by atoms with Crippen LogP contribution in [0.4, 0.5) is 5.82 Å². The third kappa shape index (κ3) is 3.51. The van der Waals surface area contributed by atoms with Gasteiger partial charge < -0.3 is 10.4 Å². The number of hydrogen-bond acceptors (Lipinski definition) is 5. The zero-order valence-electron chi connectivity index (χ0n) is 10.8. The summed E-state index contributed by atoms with van der Waals surface area (Å²) in [5.41, 5.74) is 1.07. The minimum absolute atomic E-state index is 0.0442. The number of rotatable bonds is 5. The fraction of sp³-hybridized carbons (Fsp3) is 0.308. The van der Waals surface area contributed by atoms with Crippen molar-refractivity contribution in [2.75, 3.05) is 11.9 Å². The van der Waals surface area contributed by atoms with Crippen molar-refractivity contribution in [1.82, 2.24) is 9.97 Å². The Bertz CT molecular complexity index is 583. The quantitative estimate of drug-likeness (QED) is 0.879. The van der Waals surface area contributed by atoms with Crippen LogP contribution in [-0.4, -0.2) is 27.6 Å². The Balaban J connectivity index is 1.98. The largest absolute Gasteiger partial charge is 0.477 e. The van der Waals surface area contributed by atoms with Gasteiger partial charge >= 0.3 is 5.97 Å². The van der Waals surface area contributed by atoms with E-state index in [-0.39, 0.29) is 11.6 Å². The molecule has 0 bridgehead atoms. The van der Waals surface area contributed by atoms with Crippen molar-refractivity contribution in [3.05, 3.63) is 40.0 Å². The SMILES string of the molecule is Cc1csc(C(C)CNc2cccc(C(=O)O)n2)n1. The number of carboxylic acid groups (broad SMARTS) is 1. The number of aryl methyl sites for hydroxylation is 1. The third-order valence-electron chi connectivity index (χ3n) is 2.62. The molecule has 0 radical (unpaired) electrons. The van der Waals surface area contributed by atoms with E-state index in [2.05, 4.69) is 22.2 Å². The summed E-state index contributed by atoms with van der Waals surface area (Å²) < 4.78 is 0. The molecule has 100 valence electrons. The van der Waals surface area contributed by atoms with Crippen molar-refractivity contribution in [1.29, 1.82) is 0 Å². The summed E-state index contributed by atoms with van der Waals surface area (Å²) in [7, 11) is 0. The molecule has 0 aromatic carbocycles. The van der Waals surface area contributed by atoms with Gasteiger partial charge in [0.05, 0.1) is 5.01 Å². The second kappa shape index (κ2) is 5.79. The molecule has 5 nitrogen and oxygen atoms in total. The van der Waals surface area contributed by atoms with Gasteiger partial charge in [0.2, 0.25) is 0 Å². The molecule has 2 heterocycles. The maximum atomic E-state index is 10.8. The smallest absolute Gasteiger partial charge is 0.354 e. The maximum Gasteiger partial charge on any atom is 0.354 e. The zero-order chi connectivity index (χ0) is 13.8. The minimum atomic E-state index is -1.02. The molecule has 1 atom stereocenters. The molecule has 2 rings (SSSR count). The monoisotopic (exact) mass is 277 g/mol. The molecule has 19 heavy (non-hydrogen) atoms. The number of carbonyl (C=O) groups is 1. The van der Waals surface area contributed by atoms with Gasteiger partial charge in [0, 0.05) is 23.5 Å². The van der Waals surface area contributed by atoms with Gasteiger partial charge in [-0.15, -0.1) is 11.3 Å². The van der Waals surface area contributed by atoms with E-state index in [9.17, 15) is 4.79 Å². The molecule has 2 aromatic heterocycles. The molecular formula is C13H15N3O2S. The lowest BCUT2D eigenvalue weighted by Crippen LogP contribution is -2.12. The lowest BCUT2D eigenvalue weighted by molar-refractivity contribution is 0.0690. The highest BCUT2D eigenvalue weighted by Crippen LogP contribution is 2.20. The Morgan fingerprint density at radius 3 is 2.89 bits per heavy atom. The van der Waals surface area contributed by atoms with Crippen molar-refractivity contribution in [2.45, 2.75) is 19.8 Å². The van der Waals surface area contributed by atoms with Gasteiger partial charge in [0.1, 0.15) is 5.82 Å². The standard InChI is InChI=1S/C13H15N3O2S/c1-8(12-15-9(2)7-19-12)6-14-11-5-3-4-10(16-11)13(17)18/h3-5,7-8H,6H2,1-2H3,(H,14,16)(H,17,18). The number of pyridine rings is 1. The van der Waals surface area contributed by atoms with Gasteiger partial charge in [-0.25, -0.2) is 14.8 Å². The first kappa shape index (κ1) is 13.5. The van der Waals surface area contributed by atoms with E-state index in [1.807, 2.05) is 12.3 Å². The van der Waals surface area contributed by atoms with Crippen LogP contribution in [0.15, 0.2) is 23.6 Å². The van der Waals surface area contributed by atoms with Crippen LogP contribution in [-0.2, 0) is 0 Å². The number of carboxylic acids is 1. The van der Waals surface area contributed by atoms with E-state index >= 15 is 0 Å². The van der Waals surface area contributed by atoms with Gasteiger partial charge in [0.25, 0.3) is 0 Å². The van der Waals surface area contributed by atoms with Crippen LogP contribution in [0.25, 0.3) is 0 Å². The molecule has 0 spiro atoms. The van der Waals surface area contributed by atoms with E-state index in [0.717, 1.165) is 10.7 Å². The number of nitrogens with one attached hydrogen (secondary N) is 1. The van der Waals surface area contributed by atoms with Crippen molar-refractivity contribution < 1.29 is 9.90 Å². The minimum Gasteiger partial charge on any atom is -0.477 e. The van der Waals surface area contributed by atoms with Crippen molar-refractivity contribution in [3.8, 4) is 0 Å². The molecule has 6 heteroatoms. The van der Waals surface area contributed by atoms with Crippen molar-refractivity contribution in [2.24, 2.45) is 0 Å². The average molecular weight is 277 g/mol. The summed E-state index contributed by atoms with van der Waals surface area (Å²) in [6.45, 7) is 4.72. The van der Waals surface area contributed by atoms with Crippen LogP contribution in [0.5, 0.6) is 0 Å². The molecule has 0 saturated heterocycles. The summed E-state index contributed by atoms with van der Waals surface area (Å²) in [5, 5.41) is 15.1. The molecule has 0 aliphatic rings. The first-order valence-corrected chi connectivity index (χ1v) is 6.80. The molecule has 2 aromatic rings. The maximum absolute atomic E-state index is 10.8. The van der Waals surface area contributed by atoms with Crippen molar-refractivity contribution in [3.63, 3.8) is 0 Å². The Hall–Kier alpha value is -1.95. The molecule has 0 fully saturated rings. The molecule has 0 amide bonds. The van der Waals surface area contributed by atoms with Crippen molar-refractivity contribution >= 4 is 23.1 Å². The number of aromatic carboxylic acids is 1. The molecule has 1 unspecified atom stereocenters. The predicted molar refractivity (Wildman–Crippen MR) is 75.0 cm³/mol. The first-order chi connectivity index (χ1) is 9.06. The lowest BCUT2D eigenvalue weighted by Gasteiger charge is -2.10. The highest BCUT2D eigenvalue weighted by molar-refractivity contribution is 7.09. The summed E-state index contributed by atoms with van der Waals surface area (Å²) in [6.07, 6.45) is 0. The zero-order valence-corrected chi connectivity index (χ0v) is 11.6. The Morgan fingerprint density at radius 1 is 1.47 bits per heavy atom. The fourth-order valence-corrected chi connectivity index (χ4v) is 2.45. The van der Waals surface area contributed by atoms with Crippen LogP contribution < -0.4 is 5.32 Å². The molecule has 2 N–H and O–H groups in total. The second-order valence-corrected chi connectivity index (χ2v) is 5.21. The highest BCUT2D eigenvalue weighted by Gasteiger charge is 2.10. The van der Waals surface area contributed by atoms with E-state index in [1.165, 1.54) is 6.07 Å². The molecular weight excluding hydrogens is 262 g/mol. The van der Waals surface area contributed by atoms with Gasteiger partial charge in [-0.2, -0.15) is 0 Å². The topological polar surface area (TPSA) is 75.1 Å². The van der Waals surface area contributed by atoms with Gasteiger partial charge in [-0.3, -0.25) is 0 Å². The molecule has 0 aliphatic carbocycles. The lowest BCUT2D eigenvalue weighted by atomic mass is 10.2. The highest BCUT2D eigenvalue weighted by atomic mass is 32.1. The second-order valence-electron chi connectivity index (χ2n) is 4.32. The number of hydrogen-bond donors (Lipinski definition) is 2. The Morgan fingerprint density at radius 2 is 2.26 bits per heavy atom. The number of thiazole rings is 1.